The zero-order valence-corrected chi connectivity index (χ0v) is 19.6. The van der Waals surface area contributed by atoms with Crippen molar-refractivity contribution in [3.63, 3.8) is 0 Å². The molecule has 1 aromatic carbocycles. The monoisotopic (exact) mass is 472 g/mol. The Balaban J connectivity index is 1.12. The van der Waals surface area contributed by atoms with Crippen LogP contribution < -0.4 is 15.4 Å². The molecule has 1 aliphatic rings. The zero-order valence-electron chi connectivity index (χ0n) is 19.6. The van der Waals surface area contributed by atoms with Crippen molar-refractivity contribution in [1.82, 2.24) is 24.5 Å². The molecule has 3 heterocycles. The van der Waals surface area contributed by atoms with Crippen molar-refractivity contribution in [2.45, 2.75) is 51.8 Å². The van der Waals surface area contributed by atoms with Gasteiger partial charge in [-0.1, -0.05) is 18.9 Å². The number of carbonyl (C=O) groups is 2. The first-order valence-electron chi connectivity index (χ1n) is 11.8. The van der Waals surface area contributed by atoms with Crippen molar-refractivity contribution < 1.29 is 14.3 Å². The SMILES string of the molecule is Cc1ccc2nc(COc3ccc(C(=O)Nc4cnn(CC(=O)NC5CCCC5)c4)cc3)cn2c1. The highest BCUT2D eigenvalue weighted by Gasteiger charge is 2.17. The van der Waals surface area contributed by atoms with Gasteiger partial charge in [0.2, 0.25) is 5.91 Å². The lowest BCUT2D eigenvalue weighted by Gasteiger charge is -2.11. The van der Waals surface area contributed by atoms with Crippen LogP contribution in [0.2, 0.25) is 0 Å². The average Bonchev–Trinajstić information content (AvgIpc) is 3.59. The maximum absolute atomic E-state index is 12.6. The van der Waals surface area contributed by atoms with Crippen LogP contribution in [-0.2, 0) is 17.9 Å². The van der Waals surface area contributed by atoms with Gasteiger partial charge in [0.15, 0.2) is 0 Å². The highest BCUT2D eigenvalue weighted by molar-refractivity contribution is 6.04. The summed E-state index contributed by atoms with van der Waals surface area (Å²) in [5, 5.41) is 10.0. The number of imidazole rings is 1. The lowest BCUT2D eigenvalue weighted by atomic mass is 10.2. The summed E-state index contributed by atoms with van der Waals surface area (Å²) in [5.41, 5.74) is 3.89. The molecule has 0 spiro atoms. The van der Waals surface area contributed by atoms with Gasteiger partial charge in [-0.2, -0.15) is 5.10 Å². The summed E-state index contributed by atoms with van der Waals surface area (Å²) < 4.78 is 9.34. The van der Waals surface area contributed by atoms with Gasteiger partial charge in [0, 0.05) is 30.2 Å². The van der Waals surface area contributed by atoms with E-state index in [1.54, 1.807) is 30.5 Å². The molecule has 2 N–H and O–H groups in total. The van der Waals surface area contributed by atoms with E-state index in [-0.39, 0.29) is 24.4 Å². The van der Waals surface area contributed by atoms with Crippen molar-refractivity contribution in [3.05, 3.63) is 78.0 Å². The van der Waals surface area contributed by atoms with Gasteiger partial charge in [-0.05, 0) is 55.7 Å². The van der Waals surface area contributed by atoms with E-state index in [1.165, 1.54) is 10.9 Å². The summed E-state index contributed by atoms with van der Waals surface area (Å²) in [7, 11) is 0. The molecule has 180 valence electrons. The summed E-state index contributed by atoms with van der Waals surface area (Å²) in [6, 6.07) is 11.2. The number of fused-ring (bicyclic) bond motifs is 1. The molecule has 0 unspecified atom stereocenters. The Bertz CT molecular complexity index is 1330. The third kappa shape index (κ3) is 5.68. The van der Waals surface area contributed by atoms with Crippen LogP contribution in [0.15, 0.2) is 61.2 Å². The molecule has 0 saturated heterocycles. The number of hydrogen-bond acceptors (Lipinski definition) is 5. The first kappa shape index (κ1) is 22.6. The number of ether oxygens (including phenoxy) is 1. The minimum absolute atomic E-state index is 0.0628. The van der Waals surface area contributed by atoms with E-state index in [4.69, 9.17) is 4.74 Å². The van der Waals surface area contributed by atoms with Gasteiger partial charge in [0.25, 0.3) is 5.91 Å². The lowest BCUT2D eigenvalue weighted by molar-refractivity contribution is -0.122. The number of aryl methyl sites for hydroxylation is 1. The van der Waals surface area contributed by atoms with Crippen LogP contribution in [0, 0.1) is 6.92 Å². The van der Waals surface area contributed by atoms with Crippen molar-refractivity contribution in [2.75, 3.05) is 5.32 Å². The van der Waals surface area contributed by atoms with E-state index in [9.17, 15) is 9.59 Å². The molecule has 3 aromatic heterocycles. The molecule has 0 bridgehead atoms. The third-order valence-corrected chi connectivity index (χ3v) is 6.07. The van der Waals surface area contributed by atoms with Crippen molar-refractivity contribution >= 4 is 23.1 Å². The number of nitrogens with zero attached hydrogens (tertiary/aromatic N) is 4. The molecule has 9 nitrogen and oxygen atoms in total. The van der Waals surface area contributed by atoms with E-state index in [0.717, 1.165) is 42.6 Å². The number of rotatable bonds is 8. The second-order valence-electron chi connectivity index (χ2n) is 8.95. The van der Waals surface area contributed by atoms with Crippen LogP contribution in [0.5, 0.6) is 5.75 Å². The Hall–Kier alpha value is -4.14. The number of hydrogen-bond donors (Lipinski definition) is 2. The number of amides is 2. The fraction of sp³-hybridized carbons (Fsp3) is 0.308. The summed E-state index contributed by atoms with van der Waals surface area (Å²) in [4.78, 5) is 29.3. The molecule has 35 heavy (non-hydrogen) atoms. The number of nitrogens with one attached hydrogen (secondary N) is 2. The molecule has 5 rings (SSSR count). The van der Waals surface area contributed by atoms with Gasteiger partial charge in [0.05, 0.1) is 17.6 Å². The molecule has 0 atom stereocenters. The molecule has 9 heteroatoms. The van der Waals surface area contributed by atoms with Gasteiger partial charge in [-0.15, -0.1) is 0 Å². The highest BCUT2D eigenvalue weighted by Crippen LogP contribution is 2.18. The standard InChI is InChI=1S/C26H28N6O3/c1-18-6-11-24-28-22(14-31(24)13-18)17-35-23-9-7-19(8-10-23)26(34)30-21-12-27-32(15-21)16-25(33)29-20-4-2-3-5-20/h6-15,20H,2-5,16-17H2,1H3,(H,29,33)(H,30,34). The van der Waals surface area contributed by atoms with Crippen LogP contribution in [-0.4, -0.2) is 37.0 Å². The van der Waals surface area contributed by atoms with Crippen LogP contribution in [0.3, 0.4) is 0 Å². The summed E-state index contributed by atoms with van der Waals surface area (Å²) >= 11 is 0. The van der Waals surface area contributed by atoms with Gasteiger partial charge < -0.3 is 19.8 Å². The quantitative estimate of drug-likeness (QED) is 0.407. The number of benzene rings is 1. The first-order valence-corrected chi connectivity index (χ1v) is 11.8. The van der Waals surface area contributed by atoms with Crippen LogP contribution in [0.4, 0.5) is 5.69 Å². The fourth-order valence-electron chi connectivity index (χ4n) is 4.29. The Morgan fingerprint density at radius 3 is 2.66 bits per heavy atom. The smallest absolute Gasteiger partial charge is 0.255 e. The Kier molecular flexibility index (Phi) is 6.47. The minimum Gasteiger partial charge on any atom is -0.487 e. The van der Waals surface area contributed by atoms with Crippen LogP contribution in [0.1, 0.15) is 47.3 Å². The van der Waals surface area contributed by atoms with Gasteiger partial charge >= 0.3 is 0 Å². The van der Waals surface area contributed by atoms with E-state index >= 15 is 0 Å². The average molecular weight is 473 g/mol. The first-order chi connectivity index (χ1) is 17.0. The Morgan fingerprint density at radius 2 is 1.86 bits per heavy atom. The van der Waals surface area contributed by atoms with Crippen molar-refractivity contribution in [1.29, 1.82) is 0 Å². The van der Waals surface area contributed by atoms with E-state index in [0.29, 0.717) is 23.6 Å². The summed E-state index contributed by atoms with van der Waals surface area (Å²) in [5.74, 6) is 0.324. The largest absolute Gasteiger partial charge is 0.487 e. The molecule has 2 amide bonds. The van der Waals surface area contributed by atoms with Gasteiger partial charge in [-0.3, -0.25) is 14.3 Å². The highest BCUT2D eigenvalue weighted by atomic mass is 16.5. The maximum atomic E-state index is 12.6. The van der Waals surface area contributed by atoms with Crippen molar-refractivity contribution in [2.24, 2.45) is 0 Å². The second kappa shape index (κ2) is 10.0. The van der Waals surface area contributed by atoms with Crippen molar-refractivity contribution in [3.8, 4) is 5.75 Å². The fourth-order valence-corrected chi connectivity index (χ4v) is 4.29. The van der Waals surface area contributed by atoms with Crippen LogP contribution >= 0.6 is 0 Å². The van der Waals surface area contributed by atoms with Gasteiger partial charge in [0.1, 0.15) is 24.5 Å². The molecule has 0 aliphatic heterocycles. The molecule has 1 fully saturated rings. The zero-order chi connectivity index (χ0) is 24.2. The second-order valence-corrected chi connectivity index (χ2v) is 8.95. The number of aromatic nitrogens is 4. The topological polar surface area (TPSA) is 103 Å². The molecule has 4 aromatic rings. The number of pyridine rings is 1. The van der Waals surface area contributed by atoms with Gasteiger partial charge in [-0.25, -0.2) is 4.98 Å². The van der Waals surface area contributed by atoms with E-state index in [1.807, 2.05) is 35.9 Å². The van der Waals surface area contributed by atoms with Crippen LogP contribution in [0.25, 0.3) is 5.65 Å². The number of anilines is 1. The predicted molar refractivity (Wildman–Crippen MR) is 131 cm³/mol. The van der Waals surface area contributed by atoms with E-state index in [2.05, 4.69) is 20.7 Å². The summed E-state index contributed by atoms with van der Waals surface area (Å²) in [6.07, 6.45) is 11.6. The molecule has 1 aliphatic carbocycles. The predicted octanol–water partition coefficient (Wildman–Crippen LogP) is 3.73. The minimum atomic E-state index is -0.262. The normalized spacial score (nSPS) is 13.7. The van der Waals surface area contributed by atoms with E-state index < -0.39 is 0 Å². The Labute approximate surface area is 203 Å². The lowest BCUT2D eigenvalue weighted by Crippen LogP contribution is -2.35. The molecular weight excluding hydrogens is 444 g/mol. The molecular formula is C26H28N6O3. The maximum Gasteiger partial charge on any atom is 0.255 e. The molecule has 1 saturated carbocycles. The molecule has 0 radical (unpaired) electrons. The summed E-state index contributed by atoms with van der Waals surface area (Å²) in [6.45, 7) is 2.50. The Morgan fingerprint density at radius 1 is 1.06 bits per heavy atom. The third-order valence-electron chi connectivity index (χ3n) is 6.07. The number of carbonyl (C=O) groups excluding carboxylic acids is 2.